The van der Waals surface area contributed by atoms with Gasteiger partial charge in [0.15, 0.2) is 0 Å². The van der Waals surface area contributed by atoms with E-state index in [-0.39, 0.29) is 6.42 Å². The van der Waals surface area contributed by atoms with E-state index in [9.17, 15) is 8.42 Å². The number of ether oxygens (including phenoxy) is 1. The highest BCUT2D eigenvalue weighted by Crippen LogP contribution is 2.32. The number of nitrogens with one attached hydrogen (secondary N) is 1. The first kappa shape index (κ1) is 22.6. The molecule has 0 unspecified atom stereocenters. The SMILES string of the molecule is COc1cc(-c2cnn(C)c2)ccc1Nc1ncc2ccnc(CC(C)(C)S(N)(=O)=O)c2n1. The standard InChI is InChI=1S/C22H25N7O3S/c1-22(2,33(23,30)31)10-18-20-15(7-8-24-18)11-25-21(28-20)27-17-6-5-14(9-19(17)32-4)16-12-26-29(3)13-16/h5-9,11-13H,10H2,1-4H3,(H2,23,30,31)(H,25,27,28). The molecule has 3 N–H and O–H groups in total. The number of fused-ring (bicyclic) bond motifs is 1. The summed E-state index contributed by atoms with van der Waals surface area (Å²) in [7, 11) is -0.332. The highest BCUT2D eigenvalue weighted by Gasteiger charge is 2.32. The smallest absolute Gasteiger partial charge is 0.227 e. The Balaban J connectivity index is 1.68. The fourth-order valence-electron chi connectivity index (χ4n) is 3.37. The van der Waals surface area contributed by atoms with Crippen molar-refractivity contribution in [2.45, 2.75) is 25.0 Å². The number of hydrogen-bond donors (Lipinski definition) is 2. The third kappa shape index (κ3) is 4.64. The minimum atomic E-state index is -3.78. The van der Waals surface area contributed by atoms with Crippen LogP contribution in [0.4, 0.5) is 11.6 Å². The van der Waals surface area contributed by atoms with Gasteiger partial charge < -0.3 is 10.1 Å². The zero-order chi connectivity index (χ0) is 23.8. The molecule has 3 heterocycles. The second-order valence-electron chi connectivity index (χ2n) is 8.31. The molecule has 0 saturated carbocycles. The first-order valence-electron chi connectivity index (χ1n) is 10.1. The molecule has 0 amide bonds. The maximum atomic E-state index is 12.0. The first-order chi connectivity index (χ1) is 15.6. The summed E-state index contributed by atoms with van der Waals surface area (Å²) < 4.78 is 30.1. The van der Waals surface area contributed by atoms with Gasteiger partial charge in [0.1, 0.15) is 5.75 Å². The Bertz CT molecular complexity index is 1430. The van der Waals surface area contributed by atoms with E-state index >= 15 is 0 Å². The molecule has 0 fully saturated rings. The van der Waals surface area contributed by atoms with Crippen LogP contribution in [0.3, 0.4) is 0 Å². The van der Waals surface area contributed by atoms with Crippen molar-refractivity contribution >= 4 is 32.6 Å². The van der Waals surface area contributed by atoms with Crippen molar-refractivity contribution in [3.63, 3.8) is 0 Å². The largest absolute Gasteiger partial charge is 0.495 e. The van der Waals surface area contributed by atoms with Gasteiger partial charge in [-0.15, -0.1) is 0 Å². The van der Waals surface area contributed by atoms with Gasteiger partial charge in [-0.3, -0.25) is 9.67 Å². The maximum Gasteiger partial charge on any atom is 0.227 e. The van der Waals surface area contributed by atoms with E-state index < -0.39 is 14.8 Å². The van der Waals surface area contributed by atoms with Crippen molar-refractivity contribution in [3.05, 3.63) is 54.7 Å². The van der Waals surface area contributed by atoms with E-state index in [2.05, 4.69) is 25.4 Å². The van der Waals surface area contributed by atoms with Crippen LogP contribution in [-0.2, 0) is 23.5 Å². The van der Waals surface area contributed by atoms with Gasteiger partial charge in [-0.1, -0.05) is 6.07 Å². The fourth-order valence-corrected chi connectivity index (χ4v) is 3.71. The molecule has 172 valence electrons. The van der Waals surface area contributed by atoms with E-state index in [1.807, 2.05) is 31.4 Å². The topological polar surface area (TPSA) is 138 Å². The number of aryl methyl sites for hydroxylation is 1. The molecular weight excluding hydrogens is 442 g/mol. The number of primary sulfonamides is 1. The highest BCUT2D eigenvalue weighted by molar-refractivity contribution is 7.90. The summed E-state index contributed by atoms with van der Waals surface area (Å²) in [5.41, 5.74) is 3.69. The Hall–Kier alpha value is -3.57. The Labute approximate surface area is 191 Å². The molecule has 0 aliphatic heterocycles. The molecule has 0 atom stereocenters. The molecule has 4 aromatic rings. The number of hydrogen-bond acceptors (Lipinski definition) is 8. The summed E-state index contributed by atoms with van der Waals surface area (Å²) in [6.45, 7) is 3.13. The quantitative estimate of drug-likeness (QED) is 0.423. The summed E-state index contributed by atoms with van der Waals surface area (Å²) in [6, 6.07) is 7.51. The van der Waals surface area contributed by atoms with Gasteiger partial charge in [0.2, 0.25) is 16.0 Å². The summed E-state index contributed by atoms with van der Waals surface area (Å²) in [6.07, 6.45) is 7.09. The van der Waals surface area contributed by atoms with E-state index in [0.29, 0.717) is 28.6 Å². The molecule has 4 rings (SSSR count). The van der Waals surface area contributed by atoms with Gasteiger partial charge in [-0.25, -0.2) is 23.5 Å². The third-order valence-corrected chi connectivity index (χ3v) is 7.11. The van der Waals surface area contributed by atoms with Crippen LogP contribution in [0, 0.1) is 0 Å². The van der Waals surface area contributed by atoms with Crippen LogP contribution in [0.5, 0.6) is 5.75 Å². The van der Waals surface area contributed by atoms with Crippen molar-refractivity contribution in [1.29, 1.82) is 0 Å². The van der Waals surface area contributed by atoms with E-state index in [1.165, 1.54) is 0 Å². The van der Waals surface area contributed by atoms with E-state index in [0.717, 1.165) is 16.5 Å². The van der Waals surface area contributed by atoms with E-state index in [4.69, 9.17) is 9.88 Å². The summed E-state index contributed by atoms with van der Waals surface area (Å²) >= 11 is 0. The van der Waals surface area contributed by atoms with Crippen LogP contribution in [0.1, 0.15) is 19.5 Å². The first-order valence-corrected chi connectivity index (χ1v) is 11.7. The Morgan fingerprint density at radius 1 is 1.15 bits per heavy atom. The fraction of sp³-hybridized carbons (Fsp3) is 0.273. The average Bonchev–Trinajstić information content (AvgIpc) is 3.20. The molecule has 1 aromatic carbocycles. The monoisotopic (exact) mass is 467 g/mol. The van der Waals surface area contributed by atoms with Crippen LogP contribution in [0.15, 0.2) is 49.1 Å². The second-order valence-corrected chi connectivity index (χ2v) is 10.5. The summed E-state index contributed by atoms with van der Waals surface area (Å²) in [5, 5.41) is 13.5. The molecular formula is C22H25N7O3S. The predicted octanol–water partition coefficient (Wildman–Crippen LogP) is 2.79. The number of aromatic nitrogens is 5. The number of rotatable bonds is 7. The second kappa shape index (κ2) is 8.41. The predicted molar refractivity (Wildman–Crippen MR) is 127 cm³/mol. The lowest BCUT2D eigenvalue weighted by atomic mass is 10.0. The zero-order valence-corrected chi connectivity index (χ0v) is 19.6. The van der Waals surface area contributed by atoms with Gasteiger partial charge in [0.25, 0.3) is 0 Å². The lowest BCUT2D eigenvalue weighted by molar-refractivity contribution is 0.417. The Morgan fingerprint density at radius 3 is 2.61 bits per heavy atom. The number of anilines is 2. The van der Waals surface area contributed by atoms with Gasteiger partial charge in [0.05, 0.1) is 35.0 Å². The molecule has 0 radical (unpaired) electrons. The van der Waals surface area contributed by atoms with Gasteiger partial charge in [-0.2, -0.15) is 5.10 Å². The molecule has 0 bridgehead atoms. The van der Waals surface area contributed by atoms with Crippen LogP contribution in [0.2, 0.25) is 0 Å². The molecule has 0 spiro atoms. The molecule has 3 aromatic heterocycles. The van der Waals surface area contributed by atoms with Crippen molar-refractivity contribution in [1.82, 2.24) is 24.7 Å². The van der Waals surface area contributed by atoms with Crippen molar-refractivity contribution in [2.75, 3.05) is 12.4 Å². The number of benzene rings is 1. The van der Waals surface area contributed by atoms with Crippen molar-refractivity contribution in [3.8, 4) is 16.9 Å². The van der Waals surface area contributed by atoms with Gasteiger partial charge in [-0.05, 0) is 37.6 Å². The van der Waals surface area contributed by atoms with Crippen LogP contribution in [-0.4, -0.2) is 45.0 Å². The number of sulfonamides is 1. The van der Waals surface area contributed by atoms with Crippen molar-refractivity contribution in [2.24, 2.45) is 12.2 Å². The molecule has 0 saturated heterocycles. The maximum absolute atomic E-state index is 12.0. The number of nitrogens with two attached hydrogens (primary N) is 1. The third-order valence-electron chi connectivity index (χ3n) is 5.42. The zero-order valence-electron chi connectivity index (χ0n) is 18.8. The minimum absolute atomic E-state index is 0.114. The Kier molecular flexibility index (Phi) is 5.76. The van der Waals surface area contributed by atoms with Crippen LogP contribution in [0.25, 0.3) is 22.0 Å². The van der Waals surface area contributed by atoms with Gasteiger partial charge >= 0.3 is 0 Å². The van der Waals surface area contributed by atoms with Crippen LogP contribution < -0.4 is 15.2 Å². The summed E-state index contributed by atoms with van der Waals surface area (Å²) in [5.74, 6) is 0.944. The lowest BCUT2D eigenvalue weighted by Gasteiger charge is -2.21. The number of pyridine rings is 1. The summed E-state index contributed by atoms with van der Waals surface area (Å²) in [4.78, 5) is 13.4. The molecule has 10 nitrogen and oxygen atoms in total. The number of nitrogens with zero attached hydrogens (tertiary/aromatic N) is 5. The Morgan fingerprint density at radius 2 is 1.94 bits per heavy atom. The highest BCUT2D eigenvalue weighted by atomic mass is 32.2. The van der Waals surface area contributed by atoms with Gasteiger partial charge in [0, 0.05) is 43.0 Å². The average molecular weight is 468 g/mol. The number of methoxy groups -OCH3 is 1. The van der Waals surface area contributed by atoms with Crippen LogP contribution >= 0.6 is 0 Å². The molecule has 11 heteroatoms. The van der Waals surface area contributed by atoms with E-state index in [1.54, 1.807) is 50.3 Å². The van der Waals surface area contributed by atoms with Crippen molar-refractivity contribution < 1.29 is 13.2 Å². The molecule has 0 aliphatic carbocycles. The lowest BCUT2D eigenvalue weighted by Crippen LogP contribution is -2.40. The minimum Gasteiger partial charge on any atom is -0.495 e. The normalized spacial score (nSPS) is 12.2. The molecule has 33 heavy (non-hydrogen) atoms. The molecule has 0 aliphatic rings.